The largest absolute Gasteiger partial charge is 0.381 e. The standard InChI is InChI=1S/C22H34N2O3/c1-9-23-10-2-19(1)17-24-11-7-22(8-12-24)21(6-16-27-22)5-15-26-18-20-3-13-25-14-4-20/h1-2,9-10,20-21H,3-8,11-18H2. The number of rotatable bonds is 7. The van der Waals surface area contributed by atoms with Crippen molar-refractivity contribution in [3.05, 3.63) is 30.1 Å². The van der Waals surface area contributed by atoms with Crippen molar-refractivity contribution in [1.82, 2.24) is 9.88 Å². The number of piperidine rings is 1. The highest BCUT2D eigenvalue weighted by molar-refractivity contribution is 5.10. The summed E-state index contributed by atoms with van der Waals surface area (Å²) in [5, 5.41) is 0. The lowest BCUT2D eigenvalue weighted by Gasteiger charge is -2.42. The van der Waals surface area contributed by atoms with E-state index in [1.165, 1.54) is 12.0 Å². The molecule has 1 aromatic rings. The third-order valence-electron chi connectivity index (χ3n) is 6.76. The Bertz CT molecular complexity index is 554. The summed E-state index contributed by atoms with van der Waals surface area (Å²) in [6.45, 7) is 7.81. The molecule has 4 rings (SSSR count). The van der Waals surface area contributed by atoms with Crippen LogP contribution in [0.3, 0.4) is 0 Å². The van der Waals surface area contributed by atoms with Crippen LogP contribution in [0.5, 0.6) is 0 Å². The van der Waals surface area contributed by atoms with Gasteiger partial charge < -0.3 is 14.2 Å². The molecular weight excluding hydrogens is 340 g/mol. The summed E-state index contributed by atoms with van der Waals surface area (Å²) in [4.78, 5) is 6.67. The minimum Gasteiger partial charge on any atom is -0.381 e. The third-order valence-corrected chi connectivity index (χ3v) is 6.76. The van der Waals surface area contributed by atoms with Crippen LogP contribution in [-0.2, 0) is 20.8 Å². The molecule has 0 amide bonds. The molecule has 1 unspecified atom stereocenters. The van der Waals surface area contributed by atoms with Gasteiger partial charge in [0.2, 0.25) is 0 Å². The molecule has 3 fully saturated rings. The number of ether oxygens (including phenoxy) is 3. The topological polar surface area (TPSA) is 43.8 Å². The van der Waals surface area contributed by atoms with Crippen LogP contribution in [0, 0.1) is 11.8 Å². The van der Waals surface area contributed by atoms with Gasteiger partial charge in [0.1, 0.15) is 0 Å². The molecule has 3 aliphatic heterocycles. The van der Waals surface area contributed by atoms with E-state index >= 15 is 0 Å². The maximum atomic E-state index is 6.33. The van der Waals surface area contributed by atoms with Gasteiger partial charge in [-0.3, -0.25) is 9.88 Å². The first-order valence-electron chi connectivity index (χ1n) is 10.7. The second-order valence-corrected chi connectivity index (χ2v) is 8.45. The lowest BCUT2D eigenvalue weighted by atomic mass is 9.78. The highest BCUT2D eigenvalue weighted by Crippen LogP contribution is 2.42. The summed E-state index contributed by atoms with van der Waals surface area (Å²) in [5.74, 6) is 1.36. The molecule has 4 heterocycles. The van der Waals surface area contributed by atoms with Gasteiger partial charge in [0.25, 0.3) is 0 Å². The van der Waals surface area contributed by atoms with Crippen LogP contribution in [0.25, 0.3) is 0 Å². The minimum atomic E-state index is 0.108. The first-order chi connectivity index (χ1) is 13.3. The molecule has 0 N–H and O–H groups in total. The lowest BCUT2D eigenvalue weighted by molar-refractivity contribution is -0.0741. The third kappa shape index (κ3) is 5.08. The van der Waals surface area contributed by atoms with Gasteiger partial charge in [-0.2, -0.15) is 0 Å². The van der Waals surface area contributed by atoms with E-state index in [2.05, 4.69) is 22.0 Å². The zero-order chi connectivity index (χ0) is 18.4. The predicted molar refractivity (Wildman–Crippen MR) is 105 cm³/mol. The summed E-state index contributed by atoms with van der Waals surface area (Å²) in [6.07, 6.45) is 10.7. The predicted octanol–water partition coefficient (Wildman–Crippen LogP) is 3.29. The number of hydrogen-bond acceptors (Lipinski definition) is 5. The van der Waals surface area contributed by atoms with Gasteiger partial charge in [-0.25, -0.2) is 0 Å². The minimum absolute atomic E-state index is 0.108. The first-order valence-corrected chi connectivity index (χ1v) is 10.7. The fourth-order valence-corrected chi connectivity index (χ4v) is 4.97. The molecule has 0 aliphatic carbocycles. The van der Waals surface area contributed by atoms with Gasteiger partial charge >= 0.3 is 0 Å². The van der Waals surface area contributed by atoms with Crippen molar-refractivity contribution in [2.75, 3.05) is 46.1 Å². The van der Waals surface area contributed by atoms with Gasteiger partial charge in [0.05, 0.1) is 5.60 Å². The van der Waals surface area contributed by atoms with Crippen molar-refractivity contribution in [3.63, 3.8) is 0 Å². The van der Waals surface area contributed by atoms with E-state index in [0.29, 0.717) is 11.8 Å². The Morgan fingerprint density at radius 1 is 1.07 bits per heavy atom. The van der Waals surface area contributed by atoms with Crippen molar-refractivity contribution >= 4 is 0 Å². The molecule has 3 saturated heterocycles. The Hall–Kier alpha value is -1.01. The summed E-state index contributed by atoms with van der Waals surface area (Å²) in [6, 6.07) is 4.24. The summed E-state index contributed by atoms with van der Waals surface area (Å²) >= 11 is 0. The molecule has 0 radical (unpaired) electrons. The van der Waals surface area contributed by atoms with E-state index in [1.807, 2.05) is 12.4 Å². The fourth-order valence-electron chi connectivity index (χ4n) is 4.97. The van der Waals surface area contributed by atoms with Crippen LogP contribution in [0.2, 0.25) is 0 Å². The zero-order valence-corrected chi connectivity index (χ0v) is 16.5. The van der Waals surface area contributed by atoms with Gasteiger partial charge in [0.15, 0.2) is 0 Å². The van der Waals surface area contributed by atoms with E-state index in [9.17, 15) is 0 Å². The molecule has 1 aromatic heterocycles. The molecule has 0 saturated carbocycles. The van der Waals surface area contributed by atoms with Crippen LogP contribution in [0.15, 0.2) is 24.5 Å². The van der Waals surface area contributed by atoms with Crippen LogP contribution in [-0.4, -0.2) is 61.6 Å². The van der Waals surface area contributed by atoms with Crippen LogP contribution in [0.1, 0.15) is 44.1 Å². The van der Waals surface area contributed by atoms with Crippen LogP contribution < -0.4 is 0 Å². The molecule has 27 heavy (non-hydrogen) atoms. The van der Waals surface area contributed by atoms with Crippen LogP contribution in [0.4, 0.5) is 0 Å². The average molecular weight is 375 g/mol. The molecule has 150 valence electrons. The van der Waals surface area contributed by atoms with Crippen molar-refractivity contribution in [2.45, 2.75) is 50.7 Å². The van der Waals surface area contributed by atoms with E-state index < -0.39 is 0 Å². The number of pyridine rings is 1. The Balaban J connectivity index is 1.20. The Morgan fingerprint density at radius 3 is 2.63 bits per heavy atom. The molecule has 0 bridgehead atoms. The van der Waals surface area contributed by atoms with Crippen molar-refractivity contribution < 1.29 is 14.2 Å². The first kappa shape index (κ1) is 19.3. The zero-order valence-electron chi connectivity index (χ0n) is 16.5. The highest BCUT2D eigenvalue weighted by Gasteiger charge is 2.45. The van der Waals surface area contributed by atoms with Gasteiger partial charge in [0, 0.05) is 65.1 Å². The molecular formula is C22H34N2O3. The normalized spacial score (nSPS) is 26.6. The van der Waals surface area contributed by atoms with Gasteiger partial charge in [-0.15, -0.1) is 0 Å². The molecule has 1 atom stereocenters. The maximum absolute atomic E-state index is 6.33. The summed E-state index contributed by atoms with van der Waals surface area (Å²) in [7, 11) is 0. The molecule has 5 heteroatoms. The molecule has 5 nitrogen and oxygen atoms in total. The molecule has 1 spiro atoms. The summed E-state index contributed by atoms with van der Waals surface area (Å²) < 4.78 is 17.8. The Morgan fingerprint density at radius 2 is 1.85 bits per heavy atom. The van der Waals surface area contributed by atoms with E-state index in [0.717, 1.165) is 84.8 Å². The fraction of sp³-hybridized carbons (Fsp3) is 0.773. The Kier molecular flexibility index (Phi) is 6.77. The van der Waals surface area contributed by atoms with Crippen LogP contribution >= 0.6 is 0 Å². The second-order valence-electron chi connectivity index (χ2n) is 8.45. The number of hydrogen-bond donors (Lipinski definition) is 0. The average Bonchev–Trinajstić information content (AvgIpc) is 3.11. The highest BCUT2D eigenvalue weighted by atomic mass is 16.5. The van der Waals surface area contributed by atoms with Crippen molar-refractivity contribution in [2.24, 2.45) is 11.8 Å². The maximum Gasteiger partial charge on any atom is 0.0736 e. The van der Waals surface area contributed by atoms with Gasteiger partial charge in [-0.1, -0.05) is 0 Å². The smallest absolute Gasteiger partial charge is 0.0736 e. The molecule has 0 aromatic carbocycles. The van der Waals surface area contributed by atoms with E-state index in [1.54, 1.807) is 0 Å². The number of aromatic nitrogens is 1. The number of likely N-dealkylation sites (tertiary alicyclic amines) is 1. The van der Waals surface area contributed by atoms with Gasteiger partial charge in [-0.05, 0) is 68.1 Å². The SMILES string of the molecule is c1cc(CN2CCC3(CC2)OCCC3CCOCC2CCOCC2)ccn1. The van der Waals surface area contributed by atoms with E-state index in [-0.39, 0.29) is 5.60 Å². The second kappa shape index (κ2) is 9.46. The molecule has 3 aliphatic rings. The quantitative estimate of drug-likeness (QED) is 0.685. The summed E-state index contributed by atoms with van der Waals surface area (Å²) in [5.41, 5.74) is 1.46. The monoisotopic (exact) mass is 374 g/mol. The number of nitrogens with zero attached hydrogens (tertiary/aromatic N) is 2. The van der Waals surface area contributed by atoms with Crippen molar-refractivity contribution in [3.8, 4) is 0 Å². The van der Waals surface area contributed by atoms with E-state index in [4.69, 9.17) is 14.2 Å². The lowest BCUT2D eigenvalue weighted by Crippen LogP contribution is -2.47. The Labute approximate surface area is 163 Å². The van der Waals surface area contributed by atoms with Crippen molar-refractivity contribution in [1.29, 1.82) is 0 Å².